The lowest BCUT2D eigenvalue weighted by molar-refractivity contribution is 0.0622. The first-order chi connectivity index (χ1) is 13.4. The summed E-state index contributed by atoms with van der Waals surface area (Å²) in [5.41, 5.74) is 0.658. The number of piperidine rings is 1. The summed E-state index contributed by atoms with van der Waals surface area (Å²) in [4.78, 5) is 38.2. The van der Waals surface area contributed by atoms with Crippen molar-refractivity contribution in [3.05, 3.63) is 53.0 Å². The second kappa shape index (κ2) is 8.29. The molecule has 1 fully saturated rings. The molecule has 0 saturated carbocycles. The van der Waals surface area contributed by atoms with Gasteiger partial charge in [-0.2, -0.15) is 0 Å². The highest BCUT2D eigenvalue weighted by atomic mass is 16.5. The molecular formula is C21H23NO6. The van der Waals surface area contributed by atoms with Gasteiger partial charge < -0.3 is 19.2 Å². The molecule has 1 aromatic heterocycles. The molecular weight excluding hydrogens is 362 g/mol. The fourth-order valence-electron chi connectivity index (χ4n) is 3.47. The largest absolute Gasteiger partial charge is 0.497 e. The van der Waals surface area contributed by atoms with Gasteiger partial charge in [-0.05, 0) is 37.1 Å². The number of aryl methyl sites for hydroxylation is 1. The van der Waals surface area contributed by atoms with E-state index in [1.807, 2.05) is 0 Å². The van der Waals surface area contributed by atoms with E-state index in [1.165, 1.54) is 6.07 Å². The highest BCUT2D eigenvalue weighted by Crippen LogP contribution is 2.25. The molecule has 7 heteroatoms. The Morgan fingerprint density at radius 3 is 2.32 bits per heavy atom. The van der Waals surface area contributed by atoms with Gasteiger partial charge in [-0.25, -0.2) is 4.79 Å². The molecule has 148 valence electrons. The number of likely N-dealkylation sites (tertiary alicyclic amines) is 1. The smallest absolute Gasteiger partial charge is 0.339 e. The molecule has 0 unspecified atom stereocenters. The molecule has 1 aromatic carbocycles. The standard InChI is InChI=1S/C21H23NO6/c1-3-17-16(21(25)26)12-18(28-17)20(24)22-10-8-14(9-11-22)19(23)13-4-6-15(27-2)7-5-13/h4-7,12,14H,3,8-11H2,1-2H3,(H,25,26). The van der Waals surface area contributed by atoms with Crippen molar-refractivity contribution in [1.82, 2.24) is 4.90 Å². The number of ketones is 1. The van der Waals surface area contributed by atoms with Crippen LogP contribution >= 0.6 is 0 Å². The minimum absolute atomic E-state index is 0.0235. The summed E-state index contributed by atoms with van der Waals surface area (Å²) in [6, 6.07) is 8.31. The molecule has 0 atom stereocenters. The van der Waals surface area contributed by atoms with Crippen LogP contribution in [0.2, 0.25) is 0 Å². The number of benzene rings is 1. The topological polar surface area (TPSA) is 97.0 Å². The molecule has 3 rings (SSSR count). The SMILES string of the molecule is CCc1oc(C(=O)N2CCC(C(=O)c3ccc(OC)cc3)CC2)cc1C(=O)O. The van der Waals surface area contributed by atoms with E-state index < -0.39 is 5.97 Å². The fraction of sp³-hybridized carbons (Fsp3) is 0.381. The number of hydrogen-bond acceptors (Lipinski definition) is 5. The minimum atomic E-state index is -1.11. The number of carboxylic acid groups (broad SMARTS) is 1. The lowest BCUT2D eigenvalue weighted by atomic mass is 9.89. The Kier molecular flexibility index (Phi) is 5.82. The Balaban J connectivity index is 1.63. The van der Waals surface area contributed by atoms with Crippen LogP contribution in [0.3, 0.4) is 0 Å². The molecule has 2 heterocycles. The van der Waals surface area contributed by atoms with Crippen molar-refractivity contribution in [3.63, 3.8) is 0 Å². The molecule has 0 radical (unpaired) electrons. The van der Waals surface area contributed by atoms with Crippen molar-refractivity contribution < 1.29 is 28.6 Å². The first-order valence-corrected chi connectivity index (χ1v) is 9.28. The van der Waals surface area contributed by atoms with Crippen LogP contribution in [0.25, 0.3) is 0 Å². The number of hydrogen-bond donors (Lipinski definition) is 1. The number of methoxy groups -OCH3 is 1. The van der Waals surface area contributed by atoms with E-state index in [-0.39, 0.29) is 28.9 Å². The van der Waals surface area contributed by atoms with Crippen LogP contribution < -0.4 is 4.74 Å². The van der Waals surface area contributed by atoms with E-state index in [1.54, 1.807) is 43.2 Å². The molecule has 0 aliphatic carbocycles. The molecule has 1 aliphatic heterocycles. The second-order valence-electron chi connectivity index (χ2n) is 6.77. The van der Waals surface area contributed by atoms with Crippen molar-refractivity contribution >= 4 is 17.7 Å². The molecule has 0 bridgehead atoms. The molecule has 7 nitrogen and oxygen atoms in total. The molecule has 28 heavy (non-hydrogen) atoms. The van der Waals surface area contributed by atoms with Crippen molar-refractivity contribution in [1.29, 1.82) is 0 Å². The summed E-state index contributed by atoms with van der Waals surface area (Å²) in [7, 11) is 1.57. The van der Waals surface area contributed by atoms with Crippen molar-refractivity contribution in [3.8, 4) is 5.75 Å². The first-order valence-electron chi connectivity index (χ1n) is 9.28. The quantitative estimate of drug-likeness (QED) is 0.767. The van der Waals surface area contributed by atoms with Crippen LogP contribution in [-0.2, 0) is 6.42 Å². The van der Waals surface area contributed by atoms with Crippen molar-refractivity contribution in [2.24, 2.45) is 5.92 Å². The van der Waals surface area contributed by atoms with Gasteiger partial charge in [-0.3, -0.25) is 9.59 Å². The number of ether oxygens (including phenoxy) is 1. The van der Waals surface area contributed by atoms with Crippen molar-refractivity contribution in [2.45, 2.75) is 26.2 Å². The Morgan fingerprint density at radius 1 is 1.18 bits per heavy atom. The normalized spacial score (nSPS) is 14.7. The number of rotatable bonds is 6. The van der Waals surface area contributed by atoms with E-state index >= 15 is 0 Å². The summed E-state index contributed by atoms with van der Waals surface area (Å²) in [5, 5.41) is 9.21. The number of carbonyl (C=O) groups is 3. The van der Waals surface area contributed by atoms with Gasteiger partial charge in [0.2, 0.25) is 0 Å². The van der Waals surface area contributed by atoms with Crippen LogP contribution in [0.15, 0.2) is 34.7 Å². The highest BCUT2D eigenvalue weighted by molar-refractivity contribution is 5.99. The summed E-state index contributed by atoms with van der Waals surface area (Å²) in [6.07, 6.45) is 1.51. The maximum absolute atomic E-state index is 12.7. The number of carbonyl (C=O) groups excluding carboxylic acids is 2. The molecule has 1 amide bonds. The number of carboxylic acids is 1. The minimum Gasteiger partial charge on any atom is -0.497 e. The van der Waals surface area contributed by atoms with Crippen LogP contribution in [0.1, 0.15) is 56.8 Å². The predicted octanol–water partition coefficient (Wildman–Crippen LogP) is 3.28. The van der Waals surface area contributed by atoms with E-state index in [0.717, 1.165) is 0 Å². The van der Waals surface area contributed by atoms with E-state index in [4.69, 9.17) is 9.15 Å². The van der Waals surface area contributed by atoms with E-state index in [9.17, 15) is 19.5 Å². The van der Waals surface area contributed by atoms with Crippen LogP contribution in [0, 0.1) is 5.92 Å². The lowest BCUT2D eigenvalue weighted by Gasteiger charge is -2.30. The third-order valence-electron chi connectivity index (χ3n) is 5.10. The van der Waals surface area contributed by atoms with Gasteiger partial charge in [0.15, 0.2) is 11.5 Å². The Hall–Kier alpha value is -3.09. The summed E-state index contributed by atoms with van der Waals surface area (Å²) >= 11 is 0. The van der Waals surface area contributed by atoms with E-state index in [0.29, 0.717) is 49.4 Å². The van der Waals surface area contributed by atoms with Gasteiger partial charge >= 0.3 is 5.97 Å². The zero-order chi connectivity index (χ0) is 20.3. The second-order valence-corrected chi connectivity index (χ2v) is 6.77. The number of aromatic carboxylic acids is 1. The van der Waals surface area contributed by atoms with Gasteiger partial charge in [-0.15, -0.1) is 0 Å². The van der Waals surface area contributed by atoms with Gasteiger partial charge in [-0.1, -0.05) is 6.92 Å². The van der Waals surface area contributed by atoms with Crippen molar-refractivity contribution in [2.75, 3.05) is 20.2 Å². The Morgan fingerprint density at radius 2 is 1.82 bits per heavy atom. The average Bonchev–Trinajstić information content (AvgIpc) is 3.18. The maximum atomic E-state index is 12.7. The summed E-state index contributed by atoms with van der Waals surface area (Å²) < 4.78 is 10.6. The fourth-order valence-corrected chi connectivity index (χ4v) is 3.47. The van der Waals surface area contributed by atoms with Gasteiger partial charge in [0.05, 0.1) is 7.11 Å². The third-order valence-corrected chi connectivity index (χ3v) is 5.10. The summed E-state index contributed by atoms with van der Waals surface area (Å²) in [6.45, 7) is 2.63. The van der Waals surface area contributed by atoms with Crippen LogP contribution in [0.5, 0.6) is 5.75 Å². The number of nitrogens with zero attached hydrogens (tertiary/aromatic N) is 1. The number of Topliss-reactive ketones (excluding diaryl/α,β-unsaturated/α-hetero) is 1. The average molecular weight is 385 g/mol. The third kappa shape index (κ3) is 3.93. The van der Waals surface area contributed by atoms with Crippen LogP contribution in [-0.4, -0.2) is 47.9 Å². The molecule has 0 spiro atoms. The first kappa shape index (κ1) is 19.7. The molecule has 2 aromatic rings. The van der Waals surface area contributed by atoms with E-state index in [2.05, 4.69) is 0 Å². The molecule has 1 aliphatic rings. The molecule has 1 N–H and O–H groups in total. The lowest BCUT2D eigenvalue weighted by Crippen LogP contribution is -2.40. The highest BCUT2D eigenvalue weighted by Gasteiger charge is 2.30. The van der Waals surface area contributed by atoms with Crippen LogP contribution in [0.4, 0.5) is 0 Å². The van der Waals surface area contributed by atoms with Gasteiger partial charge in [0.25, 0.3) is 5.91 Å². The van der Waals surface area contributed by atoms with Gasteiger partial charge in [0.1, 0.15) is 17.1 Å². The van der Waals surface area contributed by atoms with Gasteiger partial charge in [0, 0.05) is 37.1 Å². The maximum Gasteiger partial charge on any atom is 0.339 e. The predicted molar refractivity (Wildman–Crippen MR) is 101 cm³/mol. The number of furan rings is 1. The Labute approximate surface area is 162 Å². The number of amides is 1. The zero-order valence-electron chi connectivity index (χ0n) is 15.9. The molecule has 1 saturated heterocycles. The Bertz CT molecular complexity index is 875. The zero-order valence-corrected chi connectivity index (χ0v) is 15.9. The summed E-state index contributed by atoms with van der Waals surface area (Å²) in [5.74, 6) is -0.498. The monoisotopic (exact) mass is 385 g/mol.